The van der Waals surface area contributed by atoms with E-state index in [1.165, 1.54) is 12.1 Å². The topological polar surface area (TPSA) is 78.8 Å². The number of ether oxygens (including phenoxy) is 1. The zero-order valence-electron chi connectivity index (χ0n) is 10.8. The maximum atomic E-state index is 12.4. The number of carboxylic acids is 1. The molecule has 0 amide bonds. The molecule has 0 aromatic heterocycles. The van der Waals surface area contributed by atoms with Crippen LogP contribution in [-0.4, -0.2) is 41.0 Å². The van der Waals surface area contributed by atoms with Gasteiger partial charge in [-0.2, -0.15) is 13.2 Å². The molecule has 5 nitrogen and oxygen atoms in total. The molecule has 0 spiro atoms. The van der Waals surface area contributed by atoms with Crippen LogP contribution in [-0.2, 0) is 22.3 Å². The highest BCUT2D eigenvalue weighted by Crippen LogP contribution is 2.29. The maximum Gasteiger partial charge on any atom is 0.416 e. The minimum atomic E-state index is -4.39. The molecule has 3 N–H and O–H groups in total. The van der Waals surface area contributed by atoms with Gasteiger partial charge in [-0.1, -0.05) is 12.1 Å². The summed E-state index contributed by atoms with van der Waals surface area (Å²) in [6.45, 7) is 0.159. The number of aliphatic hydroxyl groups excluding tert-OH is 1. The number of hydrogen-bond acceptors (Lipinski definition) is 4. The van der Waals surface area contributed by atoms with Gasteiger partial charge in [0.1, 0.15) is 12.1 Å². The van der Waals surface area contributed by atoms with E-state index in [4.69, 9.17) is 9.84 Å². The van der Waals surface area contributed by atoms with E-state index in [9.17, 15) is 23.1 Å². The van der Waals surface area contributed by atoms with Crippen molar-refractivity contribution >= 4 is 5.97 Å². The summed E-state index contributed by atoms with van der Waals surface area (Å²) in [5, 5.41) is 21.1. The molecule has 1 aliphatic heterocycles. The quantitative estimate of drug-likeness (QED) is 0.774. The first-order valence-electron chi connectivity index (χ1n) is 6.21. The molecule has 1 aliphatic rings. The van der Waals surface area contributed by atoms with Crippen LogP contribution in [0.1, 0.15) is 11.1 Å². The molecule has 0 saturated carbocycles. The number of rotatable bonds is 4. The lowest BCUT2D eigenvalue weighted by atomic mass is 10.1. The van der Waals surface area contributed by atoms with Gasteiger partial charge in [0.15, 0.2) is 0 Å². The van der Waals surface area contributed by atoms with Crippen molar-refractivity contribution in [2.75, 3.05) is 6.54 Å². The molecule has 8 heteroatoms. The lowest BCUT2D eigenvalue weighted by molar-refractivity contribution is -0.142. The van der Waals surface area contributed by atoms with Gasteiger partial charge >= 0.3 is 12.1 Å². The van der Waals surface area contributed by atoms with Gasteiger partial charge in [0.05, 0.1) is 18.3 Å². The summed E-state index contributed by atoms with van der Waals surface area (Å²) in [7, 11) is 0. The van der Waals surface area contributed by atoms with Crippen LogP contribution in [0.3, 0.4) is 0 Å². The van der Waals surface area contributed by atoms with Gasteiger partial charge in [0, 0.05) is 6.54 Å². The lowest BCUT2D eigenvalue weighted by Gasteiger charge is -2.17. The molecule has 3 atom stereocenters. The molecule has 1 saturated heterocycles. The van der Waals surface area contributed by atoms with Crippen LogP contribution in [0.5, 0.6) is 0 Å². The number of alkyl halides is 3. The van der Waals surface area contributed by atoms with Crippen molar-refractivity contribution in [2.24, 2.45) is 0 Å². The largest absolute Gasteiger partial charge is 0.480 e. The Morgan fingerprint density at radius 1 is 1.33 bits per heavy atom. The number of aliphatic carboxylic acids is 1. The third-order valence-electron chi connectivity index (χ3n) is 3.27. The predicted molar refractivity (Wildman–Crippen MR) is 65.5 cm³/mol. The smallest absolute Gasteiger partial charge is 0.416 e. The average molecular weight is 305 g/mol. The van der Waals surface area contributed by atoms with E-state index >= 15 is 0 Å². The van der Waals surface area contributed by atoms with Gasteiger partial charge in [-0.15, -0.1) is 0 Å². The van der Waals surface area contributed by atoms with Gasteiger partial charge in [0.25, 0.3) is 0 Å². The number of carboxylic acid groups (broad SMARTS) is 1. The first-order valence-corrected chi connectivity index (χ1v) is 6.21. The molecule has 1 aromatic rings. The third-order valence-corrected chi connectivity index (χ3v) is 3.27. The van der Waals surface area contributed by atoms with Crippen LogP contribution in [0.15, 0.2) is 24.3 Å². The van der Waals surface area contributed by atoms with Crippen molar-refractivity contribution < 1.29 is 32.9 Å². The van der Waals surface area contributed by atoms with Crippen molar-refractivity contribution in [3.05, 3.63) is 35.4 Å². The minimum absolute atomic E-state index is 0.00607. The zero-order valence-corrected chi connectivity index (χ0v) is 10.8. The van der Waals surface area contributed by atoms with Crippen molar-refractivity contribution in [3.63, 3.8) is 0 Å². The van der Waals surface area contributed by atoms with E-state index in [2.05, 4.69) is 5.32 Å². The Balaban J connectivity index is 1.91. The predicted octanol–water partition coefficient (Wildman–Crippen LogP) is 1.01. The summed E-state index contributed by atoms with van der Waals surface area (Å²) in [5.41, 5.74) is -0.242. The zero-order chi connectivity index (χ0) is 15.6. The number of benzene rings is 1. The summed E-state index contributed by atoms with van der Waals surface area (Å²) in [5.74, 6) is -1.18. The molecule has 2 unspecified atom stereocenters. The Labute approximate surface area is 118 Å². The van der Waals surface area contributed by atoms with E-state index in [1.807, 2.05) is 0 Å². The highest BCUT2D eigenvalue weighted by molar-refractivity contribution is 5.74. The molecule has 21 heavy (non-hydrogen) atoms. The van der Waals surface area contributed by atoms with E-state index < -0.39 is 36.0 Å². The van der Waals surface area contributed by atoms with Crippen molar-refractivity contribution in [1.82, 2.24) is 5.32 Å². The molecule has 0 aliphatic carbocycles. The van der Waals surface area contributed by atoms with Gasteiger partial charge in [-0.05, 0) is 17.7 Å². The first kappa shape index (κ1) is 15.7. The molecule has 0 bridgehead atoms. The minimum Gasteiger partial charge on any atom is -0.480 e. The fourth-order valence-corrected chi connectivity index (χ4v) is 2.08. The Morgan fingerprint density at radius 2 is 1.95 bits per heavy atom. The molecule has 2 rings (SSSR count). The summed E-state index contributed by atoms with van der Waals surface area (Å²) in [6.07, 6.45) is -6.30. The van der Waals surface area contributed by atoms with Crippen LogP contribution >= 0.6 is 0 Å². The molecule has 1 heterocycles. The fourth-order valence-electron chi connectivity index (χ4n) is 2.08. The molecule has 0 radical (unpaired) electrons. The second-order valence-electron chi connectivity index (χ2n) is 4.76. The van der Waals surface area contributed by atoms with Gasteiger partial charge < -0.3 is 14.9 Å². The van der Waals surface area contributed by atoms with Gasteiger partial charge in [-0.25, -0.2) is 0 Å². The number of aliphatic hydroxyl groups is 1. The Kier molecular flexibility index (Phi) is 4.50. The van der Waals surface area contributed by atoms with Crippen molar-refractivity contribution in [1.29, 1.82) is 0 Å². The van der Waals surface area contributed by atoms with Crippen LogP contribution in [0.25, 0.3) is 0 Å². The molecule has 1 fully saturated rings. The van der Waals surface area contributed by atoms with Crippen LogP contribution < -0.4 is 5.32 Å². The van der Waals surface area contributed by atoms with E-state index in [1.54, 1.807) is 0 Å². The molecule has 1 aromatic carbocycles. The SMILES string of the molecule is O=C(O)[C@H]1NCC(OCc2ccc(C(F)(F)F)cc2)C1O. The first-order chi connectivity index (χ1) is 9.79. The summed E-state index contributed by atoms with van der Waals surface area (Å²) in [6, 6.07) is 3.37. The molecular formula is C13H14F3NO4. The average Bonchev–Trinajstić information content (AvgIpc) is 2.77. The number of carbonyl (C=O) groups is 1. The summed E-state index contributed by atoms with van der Waals surface area (Å²) in [4.78, 5) is 10.8. The Hall–Kier alpha value is -1.64. The van der Waals surface area contributed by atoms with Crippen molar-refractivity contribution in [2.45, 2.75) is 31.0 Å². The Morgan fingerprint density at radius 3 is 2.43 bits per heavy atom. The molecule has 116 valence electrons. The highest BCUT2D eigenvalue weighted by Gasteiger charge is 2.39. The van der Waals surface area contributed by atoms with Crippen LogP contribution in [0.4, 0.5) is 13.2 Å². The summed E-state index contributed by atoms with van der Waals surface area (Å²) >= 11 is 0. The third kappa shape index (κ3) is 3.72. The lowest BCUT2D eigenvalue weighted by Crippen LogP contribution is -2.40. The van der Waals surface area contributed by atoms with Crippen LogP contribution in [0.2, 0.25) is 0 Å². The number of halogens is 3. The maximum absolute atomic E-state index is 12.4. The highest BCUT2D eigenvalue weighted by atomic mass is 19.4. The van der Waals surface area contributed by atoms with Crippen molar-refractivity contribution in [3.8, 4) is 0 Å². The monoisotopic (exact) mass is 305 g/mol. The van der Waals surface area contributed by atoms with Gasteiger partial charge in [0.2, 0.25) is 0 Å². The van der Waals surface area contributed by atoms with E-state index in [0.717, 1.165) is 12.1 Å². The summed E-state index contributed by atoms with van der Waals surface area (Å²) < 4.78 is 42.5. The van der Waals surface area contributed by atoms with Gasteiger partial charge in [-0.3, -0.25) is 10.1 Å². The fraction of sp³-hybridized carbons (Fsp3) is 0.462. The normalized spacial score (nSPS) is 26.0. The van der Waals surface area contributed by atoms with Crippen LogP contribution in [0, 0.1) is 0 Å². The Bertz CT molecular complexity index is 503. The standard InChI is InChI=1S/C13H14F3NO4/c14-13(15,16)8-3-1-7(2-4-8)6-21-9-5-17-10(11(9)18)12(19)20/h1-4,9-11,17-18H,5-6H2,(H,19,20)/t9?,10-,11?/m0/s1. The number of hydrogen-bond donors (Lipinski definition) is 3. The second-order valence-corrected chi connectivity index (χ2v) is 4.76. The second kappa shape index (κ2) is 6.00. The number of nitrogens with one attached hydrogen (secondary N) is 1. The van der Waals surface area contributed by atoms with E-state index in [0.29, 0.717) is 5.56 Å². The van der Waals surface area contributed by atoms with E-state index in [-0.39, 0.29) is 13.2 Å². The molecular weight excluding hydrogens is 291 g/mol.